The zero-order valence-corrected chi connectivity index (χ0v) is 30.6. The maximum absolute atomic E-state index is 14.5. The minimum atomic E-state index is -0.782. The highest BCUT2D eigenvalue weighted by Gasteiger charge is 2.70. The van der Waals surface area contributed by atoms with E-state index < -0.39 is 5.41 Å². The second kappa shape index (κ2) is 11.7. The predicted octanol–water partition coefficient (Wildman–Crippen LogP) is 9.78. The van der Waals surface area contributed by atoms with Crippen molar-refractivity contribution >= 4 is 34.9 Å². The smallest absolute Gasteiger partial charge is 0.302 e. The Bertz CT molecular complexity index is 1520. The van der Waals surface area contributed by atoms with Crippen LogP contribution in [0.5, 0.6) is 0 Å². The SMILES string of the molecule is CC(=O)O[C@H]1CC[C@]2(C)[C@H]3CC[C@@H]4C5=C(C(C)C)C(=O)C[C@]5(C(=O)CCC(=O)c5ccc(Cl)cc5)CC[C@@]4(C)[C@]3(C)CC[C@H]2C1(C)C. The Kier molecular flexibility index (Phi) is 8.59. The lowest BCUT2D eigenvalue weighted by Gasteiger charge is -2.72. The molecule has 6 rings (SSSR count). The van der Waals surface area contributed by atoms with Gasteiger partial charge >= 0.3 is 5.97 Å². The van der Waals surface area contributed by atoms with Crippen molar-refractivity contribution in [2.75, 3.05) is 0 Å². The number of benzene rings is 1. The molecule has 4 saturated carbocycles. The monoisotopic (exact) mass is 662 g/mol. The number of carbonyl (C=O) groups is 4. The molecule has 0 bridgehead atoms. The summed E-state index contributed by atoms with van der Waals surface area (Å²) in [5.41, 5.74) is 1.90. The van der Waals surface area contributed by atoms with E-state index >= 15 is 0 Å². The molecule has 4 fully saturated rings. The molecule has 0 spiro atoms. The first-order valence-corrected chi connectivity index (χ1v) is 18.6. The molecule has 5 nitrogen and oxygen atoms in total. The molecule has 47 heavy (non-hydrogen) atoms. The molecule has 0 amide bonds. The Labute approximate surface area is 287 Å². The average Bonchev–Trinajstić information content (AvgIpc) is 3.31. The summed E-state index contributed by atoms with van der Waals surface area (Å²) in [4.78, 5) is 53.5. The minimum absolute atomic E-state index is 0.0379. The molecule has 0 radical (unpaired) electrons. The Hall–Kier alpha value is -2.27. The van der Waals surface area contributed by atoms with Gasteiger partial charge in [0.25, 0.3) is 0 Å². The van der Waals surface area contributed by atoms with Crippen molar-refractivity contribution in [3.05, 3.63) is 46.0 Å². The van der Waals surface area contributed by atoms with Gasteiger partial charge in [0.1, 0.15) is 11.9 Å². The van der Waals surface area contributed by atoms with Crippen molar-refractivity contribution in [1.29, 1.82) is 0 Å². The molecule has 5 aliphatic carbocycles. The van der Waals surface area contributed by atoms with Gasteiger partial charge in [0, 0.05) is 42.2 Å². The van der Waals surface area contributed by atoms with Crippen LogP contribution in [-0.2, 0) is 19.1 Å². The number of allylic oxidation sites excluding steroid dienone is 2. The molecule has 0 heterocycles. The van der Waals surface area contributed by atoms with Crippen LogP contribution in [-0.4, -0.2) is 29.4 Å². The molecule has 0 saturated heterocycles. The normalized spacial score (nSPS) is 39.1. The van der Waals surface area contributed by atoms with Gasteiger partial charge in [-0.25, -0.2) is 0 Å². The molecule has 1 aromatic carbocycles. The van der Waals surface area contributed by atoms with Crippen molar-refractivity contribution in [2.45, 2.75) is 132 Å². The van der Waals surface area contributed by atoms with Gasteiger partial charge in [-0.3, -0.25) is 19.2 Å². The number of fused-ring (bicyclic) bond motifs is 7. The van der Waals surface area contributed by atoms with Crippen molar-refractivity contribution < 1.29 is 23.9 Å². The van der Waals surface area contributed by atoms with Crippen LogP contribution < -0.4 is 0 Å². The van der Waals surface area contributed by atoms with E-state index in [4.69, 9.17) is 16.3 Å². The molecule has 0 unspecified atom stereocenters. The van der Waals surface area contributed by atoms with E-state index in [9.17, 15) is 19.2 Å². The number of carbonyl (C=O) groups excluding carboxylic acids is 4. The number of hydrogen-bond acceptors (Lipinski definition) is 5. The number of ketones is 3. The van der Waals surface area contributed by atoms with Crippen LogP contribution in [0, 0.1) is 50.7 Å². The van der Waals surface area contributed by atoms with Crippen LogP contribution in [0.4, 0.5) is 0 Å². The summed E-state index contributed by atoms with van der Waals surface area (Å²) in [6, 6.07) is 6.86. The van der Waals surface area contributed by atoms with Gasteiger partial charge in [-0.05, 0) is 127 Å². The number of halogens is 1. The third-order valence-corrected chi connectivity index (χ3v) is 15.2. The van der Waals surface area contributed by atoms with Gasteiger partial charge in [-0.1, -0.05) is 60.1 Å². The number of esters is 1. The van der Waals surface area contributed by atoms with Crippen LogP contribution in [0.1, 0.15) is 136 Å². The number of ether oxygens (including phenoxy) is 1. The summed E-state index contributed by atoms with van der Waals surface area (Å²) in [5, 5.41) is 0.575. The molecule has 6 heteroatoms. The van der Waals surface area contributed by atoms with Crippen molar-refractivity contribution in [3.63, 3.8) is 0 Å². The molecular weight excluding hydrogens is 608 g/mol. The van der Waals surface area contributed by atoms with Crippen molar-refractivity contribution in [1.82, 2.24) is 0 Å². The molecule has 1 aromatic rings. The van der Waals surface area contributed by atoms with Gasteiger partial charge in [0.05, 0.1) is 5.41 Å². The predicted molar refractivity (Wildman–Crippen MR) is 185 cm³/mol. The summed E-state index contributed by atoms with van der Waals surface area (Å²) in [5.74, 6) is 1.20. The van der Waals surface area contributed by atoms with Crippen molar-refractivity contribution in [3.8, 4) is 0 Å². The van der Waals surface area contributed by atoms with E-state index in [0.717, 1.165) is 56.1 Å². The summed E-state index contributed by atoms with van der Waals surface area (Å²) >= 11 is 6.04. The standard InChI is InChI=1S/C41H55ClO5/c1-24(2)35-30(45)23-41(33(46)16-14-29(44)26-9-11-27(42)12-10-26)22-21-39(7)28(36(35)41)13-15-32-38(6)19-18-34(47-25(3)43)37(4,5)31(38)17-20-40(32,39)8/h9-12,24,28,31-32,34H,13-23H2,1-8H3/t28-,31+,32-,34+,38+,39-,40-,41+/m1/s1. The van der Waals surface area contributed by atoms with E-state index in [-0.39, 0.29) is 82.2 Å². The molecule has 8 atom stereocenters. The van der Waals surface area contributed by atoms with E-state index in [1.165, 1.54) is 6.92 Å². The maximum Gasteiger partial charge on any atom is 0.302 e. The summed E-state index contributed by atoms with van der Waals surface area (Å²) < 4.78 is 5.92. The Balaban J connectivity index is 1.32. The van der Waals surface area contributed by atoms with Crippen molar-refractivity contribution in [2.24, 2.45) is 50.7 Å². The highest BCUT2D eigenvalue weighted by molar-refractivity contribution is 6.30. The van der Waals surface area contributed by atoms with Crippen LogP contribution >= 0.6 is 11.6 Å². The van der Waals surface area contributed by atoms with Gasteiger partial charge in [0.15, 0.2) is 11.6 Å². The van der Waals surface area contributed by atoms with Crippen LogP contribution in [0.15, 0.2) is 35.4 Å². The van der Waals surface area contributed by atoms with E-state index in [2.05, 4.69) is 48.5 Å². The highest BCUT2D eigenvalue weighted by Crippen LogP contribution is 2.76. The van der Waals surface area contributed by atoms with Gasteiger partial charge in [-0.2, -0.15) is 0 Å². The fourth-order valence-electron chi connectivity index (χ4n) is 12.6. The summed E-state index contributed by atoms with van der Waals surface area (Å²) in [6.07, 6.45) is 8.37. The van der Waals surface area contributed by atoms with Crippen LogP contribution in [0.2, 0.25) is 5.02 Å². The third kappa shape index (κ3) is 5.06. The summed E-state index contributed by atoms with van der Waals surface area (Å²) in [6.45, 7) is 18.0. The van der Waals surface area contributed by atoms with Gasteiger partial charge in [-0.15, -0.1) is 0 Å². The number of rotatable bonds is 7. The van der Waals surface area contributed by atoms with Gasteiger partial charge in [0.2, 0.25) is 0 Å². The molecular formula is C41H55ClO5. The second-order valence-corrected chi connectivity index (χ2v) is 18.0. The molecule has 0 aromatic heterocycles. The summed E-state index contributed by atoms with van der Waals surface area (Å²) in [7, 11) is 0. The third-order valence-electron chi connectivity index (χ3n) is 15.0. The zero-order chi connectivity index (χ0) is 34.3. The zero-order valence-electron chi connectivity index (χ0n) is 29.9. The highest BCUT2D eigenvalue weighted by atomic mass is 35.5. The first-order chi connectivity index (χ1) is 21.9. The molecule has 5 aliphatic rings. The fourth-order valence-corrected chi connectivity index (χ4v) is 12.7. The Morgan fingerprint density at radius 2 is 1.53 bits per heavy atom. The number of Topliss-reactive ketones (excluding diaryl/α,β-unsaturated/α-hetero) is 3. The van der Waals surface area contributed by atoms with Crippen LogP contribution in [0.3, 0.4) is 0 Å². The quantitative estimate of drug-likeness (QED) is 0.215. The number of hydrogen-bond donors (Lipinski definition) is 0. The second-order valence-electron chi connectivity index (χ2n) is 17.6. The minimum Gasteiger partial charge on any atom is -0.462 e. The lowest BCUT2D eigenvalue weighted by molar-refractivity contribution is -0.232. The first kappa shape index (κ1) is 34.6. The van der Waals surface area contributed by atoms with E-state index in [0.29, 0.717) is 28.8 Å². The Morgan fingerprint density at radius 3 is 2.17 bits per heavy atom. The molecule has 0 N–H and O–H groups in total. The fraction of sp³-hybridized carbons (Fsp3) is 0.707. The van der Waals surface area contributed by atoms with E-state index in [1.54, 1.807) is 24.3 Å². The largest absolute Gasteiger partial charge is 0.462 e. The lowest BCUT2D eigenvalue weighted by atomic mass is 9.33. The molecule has 256 valence electrons. The van der Waals surface area contributed by atoms with Crippen LogP contribution in [0.25, 0.3) is 0 Å². The molecule has 0 aliphatic heterocycles. The van der Waals surface area contributed by atoms with Gasteiger partial charge < -0.3 is 4.74 Å². The Morgan fingerprint density at radius 1 is 0.851 bits per heavy atom. The topological polar surface area (TPSA) is 77.5 Å². The average molecular weight is 663 g/mol. The first-order valence-electron chi connectivity index (χ1n) is 18.2. The maximum atomic E-state index is 14.5. The lowest BCUT2D eigenvalue weighted by Crippen LogP contribution is -2.66. The van der Waals surface area contributed by atoms with E-state index in [1.807, 2.05) is 0 Å².